The van der Waals surface area contributed by atoms with Gasteiger partial charge in [0.05, 0.1) is 0 Å². The standard InChI is InChI=1S/C56H44N2O2/c1-33-13-19-43(20-14-33)57(51-11-7-9-35(3)37(51)5)45-23-17-39-27-47-49-31-50-48-28-40-18-24-46(58(44-21-15-34(2)16-22-44)52-12-8-10-36(4)38(52)6)26-42(40)30-54(48)60-56(50)32-55(49)59-53(47)29-41(39)25-45/h7-32H,1-6H3. The molecule has 0 fully saturated rings. The molecule has 0 saturated heterocycles. The summed E-state index contributed by atoms with van der Waals surface area (Å²) < 4.78 is 13.3. The highest BCUT2D eigenvalue weighted by Crippen LogP contribution is 2.44. The molecule has 11 aromatic rings. The molecule has 0 atom stereocenters. The van der Waals surface area contributed by atoms with Crippen LogP contribution < -0.4 is 9.80 Å². The van der Waals surface area contributed by atoms with E-state index in [0.717, 1.165) is 77.4 Å². The largest absolute Gasteiger partial charge is 0.456 e. The topological polar surface area (TPSA) is 32.8 Å². The molecule has 0 unspecified atom stereocenters. The average molecular weight is 777 g/mol. The van der Waals surface area contributed by atoms with Crippen molar-refractivity contribution in [1.29, 1.82) is 0 Å². The zero-order valence-corrected chi connectivity index (χ0v) is 34.7. The summed E-state index contributed by atoms with van der Waals surface area (Å²) in [5, 5.41) is 8.94. The zero-order valence-electron chi connectivity index (χ0n) is 34.7. The molecular weight excluding hydrogens is 733 g/mol. The molecule has 0 N–H and O–H groups in total. The molecule has 0 saturated carbocycles. The van der Waals surface area contributed by atoms with Crippen LogP contribution >= 0.6 is 0 Å². The van der Waals surface area contributed by atoms with Crippen LogP contribution in [0.3, 0.4) is 0 Å². The fourth-order valence-corrected chi connectivity index (χ4v) is 8.98. The molecular formula is C56H44N2O2. The minimum Gasteiger partial charge on any atom is -0.456 e. The molecule has 60 heavy (non-hydrogen) atoms. The number of benzene rings is 9. The van der Waals surface area contributed by atoms with Crippen molar-refractivity contribution in [1.82, 2.24) is 0 Å². The summed E-state index contributed by atoms with van der Waals surface area (Å²) in [6.07, 6.45) is 0. The summed E-state index contributed by atoms with van der Waals surface area (Å²) in [4.78, 5) is 4.72. The first kappa shape index (κ1) is 35.8. The summed E-state index contributed by atoms with van der Waals surface area (Å²) >= 11 is 0. The SMILES string of the molecule is Cc1ccc(N(c2ccc3cc4c(cc3c2)oc2cc3oc5cc6cc(N(c7ccc(C)cc7)c7cccc(C)c7C)ccc6cc5c3cc24)c2cccc(C)c2C)cc1. The van der Waals surface area contributed by atoms with Gasteiger partial charge in [0.1, 0.15) is 22.3 Å². The lowest BCUT2D eigenvalue weighted by molar-refractivity contribution is 0.656. The molecule has 2 aromatic heterocycles. The van der Waals surface area contributed by atoms with Crippen molar-refractivity contribution in [3.8, 4) is 0 Å². The molecule has 0 aliphatic heterocycles. The smallest absolute Gasteiger partial charge is 0.139 e. The first-order valence-electron chi connectivity index (χ1n) is 20.7. The van der Waals surface area contributed by atoms with E-state index in [2.05, 4.69) is 209 Å². The van der Waals surface area contributed by atoms with Crippen LogP contribution in [0.25, 0.3) is 65.4 Å². The second kappa shape index (κ2) is 13.6. The van der Waals surface area contributed by atoms with Crippen molar-refractivity contribution in [2.24, 2.45) is 0 Å². The minimum atomic E-state index is 0.817. The zero-order chi connectivity index (χ0) is 40.8. The highest BCUT2D eigenvalue weighted by molar-refractivity contribution is 6.18. The van der Waals surface area contributed by atoms with Crippen LogP contribution in [-0.2, 0) is 0 Å². The number of fused-ring (bicyclic) bond motifs is 8. The first-order chi connectivity index (χ1) is 29.2. The van der Waals surface area contributed by atoms with Crippen molar-refractivity contribution in [3.05, 3.63) is 191 Å². The Morgan fingerprint density at radius 2 is 0.700 bits per heavy atom. The van der Waals surface area contributed by atoms with Gasteiger partial charge in [0.25, 0.3) is 0 Å². The third-order valence-electron chi connectivity index (χ3n) is 12.7. The third-order valence-corrected chi connectivity index (χ3v) is 12.7. The number of furan rings is 2. The molecule has 0 spiro atoms. The molecule has 290 valence electrons. The maximum atomic E-state index is 6.63. The Kier molecular flexibility index (Phi) is 8.15. The van der Waals surface area contributed by atoms with Gasteiger partial charge in [0.15, 0.2) is 0 Å². The molecule has 4 heteroatoms. The monoisotopic (exact) mass is 776 g/mol. The second-order valence-corrected chi connectivity index (χ2v) is 16.6. The maximum Gasteiger partial charge on any atom is 0.139 e. The Labute approximate surface area is 349 Å². The van der Waals surface area contributed by atoms with E-state index in [1.54, 1.807) is 0 Å². The molecule has 0 bridgehead atoms. The third kappa shape index (κ3) is 5.82. The van der Waals surface area contributed by atoms with E-state index in [-0.39, 0.29) is 0 Å². The highest BCUT2D eigenvalue weighted by Gasteiger charge is 2.20. The molecule has 4 nitrogen and oxygen atoms in total. The lowest BCUT2D eigenvalue weighted by atomic mass is 10.0. The number of anilines is 6. The van der Waals surface area contributed by atoms with Gasteiger partial charge >= 0.3 is 0 Å². The van der Waals surface area contributed by atoms with Crippen molar-refractivity contribution in [2.75, 3.05) is 9.80 Å². The minimum absolute atomic E-state index is 0.817. The van der Waals surface area contributed by atoms with Crippen LogP contribution in [0.4, 0.5) is 34.1 Å². The van der Waals surface area contributed by atoms with Gasteiger partial charge in [-0.1, -0.05) is 71.8 Å². The number of rotatable bonds is 6. The van der Waals surface area contributed by atoms with Crippen LogP contribution in [0, 0.1) is 41.5 Å². The lowest BCUT2D eigenvalue weighted by Crippen LogP contribution is -2.11. The van der Waals surface area contributed by atoms with Crippen molar-refractivity contribution >= 4 is 99.5 Å². The van der Waals surface area contributed by atoms with Gasteiger partial charge in [-0.25, -0.2) is 0 Å². The van der Waals surface area contributed by atoms with Gasteiger partial charge in [-0.3, -0.25) is 0 Å². The van der Waals surface area contributed by atoms with E-state index in [1.165, 1.54) is 55.5 Å². The maximum absolute atomic E-state index is 6.63. The Morgan fingerprint density at radius 3 is 1.13 bits per heavy atom. The lowest BCUT2D eigenvalue weighted by Gasteiger charge is -2.28. The van der Waals surface area contributed by atoms with E-state index in [4.69, 9.17) is 8.83 Å². The summed E-state index contributed by atoms with van der Waals surface area (Å²) in [5.74, 6) is 0. The predicted molar refractivity (Wildman–Crippen MR) is 254 cm³/mol. The van der Waals surface area contributed by atoms with Gasteiger partial charge in [0, 0.05) is 61.7 Å². The Hall–Kier alpha value is -7.30. The fraction of sp³-hybridized carbons (Fsp3) is 0.107. The van der Waals surface area contributed by atoms with Crippen LogP contribution in [-0.4, -0.2) is 0 Å². The van der Waals surface area contributed by atoms with Gasteiger partial charge in [-0.15, -0.1) is 0 Å². The number of nitrogens with zero attached hydrogens (tertiary/aromatic N) is 2. The van der Waals surface area contributed by atoms with Crippen LogP contribution in [0.5, 0.6) is 0 Å². The van der Waals surface area contributed by atoms with E-state index in [0.29, 0.717) is 0 Å². The second-order valence-electron chi connectivity index (χ2n) is 16.6. The highest BCUT2D eigenvalue weighted by atomic mass is 16.3. The van der Waals surface area contributed by atoms with Crippen LogP contribution in [0.2, 0.25) is 0 Å². The Bertz CT molecular complexity index is 3270. The van der Waals surface area contributed by atoms with Crippen molar-refractivity contribution in [3.63, 3.8) is 0 Å². The van der Waals surface area contributed by atoms with Gasteiger partial charge < -0.3 is 18.6 Å². The van der Waals surface area contributed by atoms with E-state index >= 15 is 0 Å². The fourth-order valence-electron chi connectivity index (χ4n) is 8.98. The van der Waals surface area contributed by atoms with Crippen LogP contribution in [0.15, 0.2) is 167 Å². The predicted octanol–water partition coefficient (Wildman–Crippen LogP) is 16.6. The molecule has 0 amide bonds. The summed E-state index contributed by atoms with van der Waals surface area (Å²) in [6.45, 7) is 13.0. The number of aryl methyl sites for hydroxylation is 4. The number of hydrogen-bond donors (Lipinski definition) is 0. The Morgan fingerprint density at radius 1 is 0.317 bits per heavy atom. The van der Waals surface area contributed by atoms with Gasteiger partial charge in [0.2, 0.25) is 0 Å². The van der Waals surface area contributed by atoms with Crippen molar-refractivity contribution < 1.29 is 8.83 Å². The van der Waals surface area contributed by atoms with Gasteiger partial charge in [-0.2, -0.15) is 0 Å². The quantitative estimate of drug-likeness (QED) is 0.168. The number of hydrogen-bond acceptors (Lipinski definition) is 4. The summed E-state index contributed by atoms with van der Waals surface area (Å²) in [7, 11) is 0. The molecule has 11 rings (SSSR count). The molecule has 9 aromatic carbocycles. The van der Waals surface area contributed by atoms with Crippen molar-refractivity contribution in [2.45, 2.75) is 41.5 Å². The van der Waals surface area contributed by atoms with Crippen LogP contribution in [0.1, 0.15) is 33.4 Å². The molecule has 0 aliphatic carbocycles. The normalized spacial score (nSPS) is 11.8. The van der Waals surface area contributed by atoms with E-state index < -0.39 is 0 Å². The summed E-state index contributed by atoms with van der Waals surface area (Å²) in [6, 6.07) is 57.3. The summed E-state index contributed by atoms with van der Waals surface area (Å²) in [5.41, 5.74) is 17.7. The van der Waals surface area contributed by atoms with E-state index in [1.807, 2.05) is 0 Å². The molecule has 0 aliphatic rings. The Balaban J connectivity index is 1.01. The average Bonchev–Trinajstić information content (AvgIpc) is 3.78. The van der Waals surface area contributed by atoms with E-state index in [9.17, 15) is 0 Å². The molecule has 0 radical (unpaired) electrons. The van der Waals surface area contributed by atoms with Gasteiger partial charge in [-0.05, 0) is 176 Å². The molecule has 2 heterocycles. The first-order valence-corrected chi connectivity index (χ1v) is 20.7.